The van der Waals surface area contributed by atoms with Crippen molar-refractivity contribution in [2.45, 2.75) is 30.9 Å². The molecule has 0 fully saturated rings. The van der Waals surface area contributed by atoms with E-state index < -0.39 is 27.7 Å². The SMILES string of the molecule is CC[C@H](CO)NC(=O)C(=O)Nc1c2c(nn1-c1ccccc1)CS(=O)(=O)C2. The monoisotopic (exact) mass is 392 g/mol. The van der Waals surface area contributed by atoms with Crippen LogP contribution in [0.5, 0.6) is 0 Å². The molecule has 3 N–H and O–H groups in total. The summed E-state index contributed by atoms with van der Waals surface area (Å²) in [5.41, 5.74) is 1.37. The van der Waals surface area contributed by atoms with Gasteiger partial charge in [0.2, 0.25) is 0 Å². The van der Waals surface area contributed by atoms with Crippen LogP contribution in [0.15, 0.2) is 30.3 Å². The summed E-state index contributed by atoms with van der Waals surface area (Å²) in [5.74, 6) is -2.16. The van der Waals surface area contributed by atoms with Crippen LogP contribution in [0, 0.1) is 0 Å². The van der Waals surface area contributed by atoms with Gasteiger partial charge in [-0.3, -0.25) is 9.59 Å². The second-order valence-corrected chi connectivity index (χ2v) is 8.33. The Balaban J connectivity index is 1.92. The molecule has 1 atom stereocenters. The highest BCUT2D eigenvalue weighted by Gasteiger charge is 2.34. The van der Waals surface area contributed by atoms with Crippen LogP contribution in [-0.2, 0) is 30.9 Å². The Bertz CT molecular complexity index is 965. The van der Waals surface area contributed by atoms with Crippen LogP contribution in [0.4, 0.5) is 5.82 Å². The highest BCUT2D eigenvalue weighted by Crippen LogP contribution is 2.32. The molecule has 10 heteroatoms. The second kappa shape index (κ2) is 7.49. The van der Waals surface area contributed by atoms with E-state index in [0.717, 1.165) is 0 Å². The average Bonchev–Trinajstić information content (AvgIpc) is 3.12. The summed E-state index contributed by atoms with van der Waals surface area (Å²) in [5, 5.41) is 18.4. The largest absolute Gasteiger partial charge is 0.394 e. The number of nitrogens with zero attached hydrogens (tertiary/aromatic N) is 2. The van der Waals surface area contributed by atoms with Crippen molar-refractivity contribution in [2.24, 2.45) is 0 Å². The summed E-state index contributed by atoms with van der Waals surface area (Å²) in [4.78, 5) is 24.4. The molecule has 0 radical (unpaired) electrons. The first kappa shape index (κ1) is 19.1. The van der Waals surface area contributed by atoms with Crippen molar-refractivity contribution in [3.05, 3.63) is 41.6 Å². The first-order valence-corrected chi connectivity index (χ1v) is 10.3. The molecule has 0 saturated carbocycles. The van der Waals surface area contributed by atoms with Gasteiger partial charge in [-0.05, 0) is 18.6 Å². The van der Waals surface area contributed by atoms with Crippen LogP contribution in [0.2, 0.25) is 0 Å². The van der Waals surface area contributed by atoms with Crippen LogP contribution < -0.4 is 10.6 Å². The molecular formula is C17H20N4O5S. The van der Waals surface area contributed by atoms with Crippen molar-refractivity contribution in [1.29, 1.82) is 0 Å². The van der Waals surface area contributed by atoms with Gasteiger partial charge in [0.25, 0.3) is 0 Å². The third kappa shape index (κ3) is 4.01. The molecule has 2 heterocycles. The molecule has 1 aromatic carbocycles. The quantitative estimate of drug-likeness (QED) is 0.620. The van der Waals surface area contributed by atoms with Crippen molar-refractivity contribution in [2.75, 3.05) is 11.9 Å². The van der Waals surface area contributed by atoms with E-state index in [2.05, 4.69) is 15.7 Å². The molecule has 0 unspecified atom stereocenters. The van der Waals surface area contributed by atoms with E-state index in [0.29, 0.717) is 23.4 Å². The second-order valence-electron chi connectivity index (χ2n) is 6.27. The third-order valence-electron chi connectivity index (χ3n) is 4.27. The van der Waals surface area contributed by atoms with Crippen molar-refractivity contribution in [3.8, 4) is 5.69 Å². The first-order valence-electron chi connectivity index (χ1n) is 8.44. The molecule has 0 spiro atoms. The first-order chi connectivity index (χ1) is 12.8. The molecule has 2 amide bonds. The van der Waals surface area contributed by atoms with Gasteiger partial charge < -0.3 is 15.7 Å². The Morgan fingerprint density at radius 1 is 1.22 bits per heavy atom. The fourth-order valence-electron chi connectivity index (χ4n) is 2.82. The Morgan fingerprint density at radius 3 is 2.56 bits per heavy atom. The summed E-state index contributed by atoms with van der Waals surface area (Å²) in [6.45, 7) is 1.48. The summed E-state index contributed by atoms with van der Waals surface area (Å²) in [6.07, 6.45) is 0.463. The van der Waals surface area contributed by atoms with Gasteiger partial charge >= 0.3 is 11.8 Å². The van der Waals surface area contributed by atoms with Crippen LogP contribution in [0.1, 0.15) is 24.6 Å². The number of hydrogen-bond donors (Lipinski definition) is 3. The van der Waals surface area contributed by atoms with Crippen molar-refractivity contribution < 1.29 is 23.1 Å². The number of rotatable bonds is 5. The number of hydrogen-bond acceptors (Lipinski definition) is 6. The minimum absolute atomic E-state index is 0.162. The van der Waals surface area contributed by atoms with E-state index in [-0.39, 0.29) is 23.9 Å². The van der Waals surface area contributed by atoms with E-state index in [1.807, 2.05) is 6.07 Å². The lowest BCUT2D eigenvalue weighted by atomic mass is 10.2. The van der Waals surface area contributed by atoms with Crippen LogP contribution in [-0.4, -0.2) is 47.8 Å². The van der Waals surface area contributed by atoms with Crippen LogP contribution in [0.3, 0.4) is 0 Å². The predicted octanol–water partition coefficient (Wildman–Crippen LogP) is 0.126. The number of amides is 2. The smallest absolute Gasteiger partial charge is 0.314 e. The maximum Gasteiger partial charge on any atom is 0.314 e. The number of para-hydroxylation sites is 1. The molecule has 3 rings (SSSR count). The Labute approximate surface area is 156 Å². The fraction of sp³-hybridized carbons (Fsp3) is 0.353. The zero-order chi connectivity index (χ0) is 19.6. The fourth-order valence-corrected chi connectivity index (χ4v) is 4.31. The van der Waals surface area contributed by atoms with Gasteiger partial charge in [0, 0.05) is 5.56 Å². The minimum Gasteiger partial charge on any atom is -0.394 e. The number of sulfone groups is 1. The number of nitrogens with one attached hydrogen (secondary N) is 2. The Morgan fingerprint density at radius 2 is 1.93 bits per heavy atom. The number of anilines is 1. The Kier molecular flexibility index (Phi) is 5.29. The molecule has 1 aromatic heterocycles. The molecule has 144 valence electrons. The van der Waals surface area contributed by atoms with Crippen molar-refractivity contribution in [3.63, 3.8) is 0 Å². The highest BCUT2D eigenvalue weighted by atomic mass is 32.2. The lowest BCUT2D eigenvalue weighted by Crippen LogP contribution is -2.43. The molecule has 9 nitrogen and oxygen atoms in total. The van der Waals surface area contributed by atoms with Gasteiger partial charge in [0.05, 0.1) is 35.5 Å². The Hall–Kier alpha value is -2.72. The summed E-state index contributed by atoms with van der Waals surface area (Å²) < 4.78 is 25.3. The van der Waals surface area contributed by atoms with Gasteiger partial charge in [0.1, 0.15) is 5.82 Å². The van der Waals surface area contributed by atoms with E-state index in [1.54, 1.807) is 31.2 Å². The lowest BCUT2D eigenvalue weighted by molar-refractivity contribution is -0.136. The lowest BCUT2D eigenvalue weighted by Gasteiger charge is -2.14. The molecule has 2 aromatic rings. The van der Waals surface area contributed by atoms with E-state index in [4.69, 9.17) is 5.11 Å². The topological polar surface area (TPSA) is 130 Å². The summed E-state index contributed by atoms with van der Waals surface area (Å²) >= 11 is 0. The van der Waals surface area contributed by atoms with Gasteiger partial charge in [-0.2, -0.15) is 5.10 Å². The van der Waals surface area contributed by atoms with Gasteiger partial charge in [0.15, 0.2) is 9.84 Å². The van der Waals surface area contributed by atoms with Gasteiger partial charge in [-0.25, -0.2) is 13.1 Å². The average molecular weight is 392 g/mol. The third-order valence-corrected chi connectivity index (χ3v) is 5.72. The molecular weight excluding hydrogens is 372 g/mol. The van der Waals surface area contributed by atoms with Crippen LogP contribution in [0.25, 0.3) is 5.69 Å². The van der Waals surface area contributed by atoms with Crippen molar-refractivity contribution >= 4 is 27.5 Å². The van der Waals surface area contributed by atoms with E-state index in [1.165, 1.54) is 4.68 Å². The maximum atomic E-state index is 12.3. The number of aliphatic hydroxyl groups is 1. The number of aromatic nitrogens is 2. The minimum atomic E-state index is -3.33. The molecule has 27 heavy (non-hydrogen) atoms. The number of carbonyl (C=O) groups excluding carboxylic acids is 2. The van der Waals surface area contributed by atoms with E-state index >= 15 is 0 Å². The zero-order valence-electron chi connectivity index (χ0n) is 14.7. The number of fused-ring (bicyclic) bond motifs is 1. The van der Waals surface area contributed by atoms with Crippen LogP contribution >= 0.6 is 0 Å². The molecule has 1 aliphatic heterocycles. The summed E-state index contributed by atoms with van der Waals surface area (Å²) in [7, 11) is -3.33. The molecule has 1 aliphatic rings. The number of aliphatic hydroxyl groups excluding tert-OH is 1. The van der Waals surface area contributed by atoms with Crippen molar-refractivity contribution in [1.82, 2.24) is 15.1 Å². The molecule has 0 bridgehead atoms. The highest BCUT2D eigenvalue weighted by molar-refractivity contribution is 7.90. The number of benzene rings is 1. The zero-order valence-corrected chi connectivity index (χ0v) is 15.5. The predicted molar refractivity (Wildman–Crippen MR) is 97.8 cm³/mol. The standard InChI is InChI=1S/C17H20N4O5S/c1-2-11(8-22)18-16(23)17(24)19-15-13-9-27(25,26)10-14(13)20-21(15)12-6-4-3-5-7-12/h3-7,11,22H,2,8-10H2,1H3,(H,18,23)(H,19,24)/t11-/m1/s1. The van der Waals surface area contributed by atoms with Gasteiger partial charge in [-0.15, -0.1) is 0 Å². The molecule has 0 aliphatic carbocycles. The van der Waals surface area contributed by atoms with E-state index in [9.17, 15) is 18.0 Å². The summed E-state index contributed by atoms with van der Waals surface area (Å²) in [6, 6.07) is 8.36. The number of carbonyl (C=O) groups is 2. The maximum absolute atomic E-state index is 12.3. The molecule has 0 saturated heterocycles. The van der Waals surface area contributed by atoms with Gasteiger partial charge in [-0.1, -0.05) is 25.1 Å². The normalized spacial score (nSPS) is 15.8.